The number of hydrogen-bond donors (Lipinski definition) is 0. The lowest BCUT2D eigenvalue weighted by atomic mass is 10.0. The summed E-state index contributed by atoms with van der Waals surface area (Å²) in [7, 11) is 0. The van der Waals surface area contributed by atoms with E-state index in [2.05, 4.69) is 57.3 Å². The summed E-state index contributed by atoms with van der Waals surface area (Å²) >= 11 is 0. The van der Waals surface area contributed by atoms with Crippen LogP contribution in [-0.2, 0) is 0 Å². The summed E-state index contributed by atoms with van der Waals surface area (Å²) < 4.78 is 0. The highest BCUT2D eigenvalue weighted by Gasteiger charge is 1.93. The molecule has 0 heteroatoms. The lowest BCUT2D eigenvalue weighted by Gasteiger charge is -2.01. The van der Waals surface area contributed by atoms with Crippen molar-refractivity contribution in [2.45, 2.75) is 61.8 Å². The number of allylic oxidation sites excluding steroid dienone is 1. The van der Waals surface area contributed by atoms with Crippen LogP contribution in [0, 0.1) is 0 Å². The van der Waals surface area contributed by atoms with Crippen LogP contribution < -0.4 is 10.4 Å². The van der Waals surface area contributed by atoms with Gasteiger partial charge in [0.25, 0.3) is 0 Å². The molecule has 0 saturated carbocycles. The molecule has 2 aromatic rings. The topological polar surface area (TPSA) is 0 Å². The van der Waals surface area contributed by atoms with E-state index >= 15 is 0 Å². The first kappa shape index (κ1) is 27.8. The molecule has 25 heavy (non-hydrogen) atoms. The van der Waals surface area contributed by atoms with E-state index in [1.807, 2.05) is 65.0 Å². The van der Waals surface area contributed by atoms with Gasteiger partial charge in [0, 0.05) is 0 Å². The van der Waals surface area contributed by atoms with Crippen LogP contribution in [0.5, 0.6) is 0 Å². The molecule has 0 atom stereocenters. The van der Waals surface area contributed by atoms with Crippen molar-refractivity contribution < 1.29 is 0 Å². The number of rotatable bonds is 2. The van der Waals surface area contributed by atoms with Gasteiger partial charge in [0.15, 0.2) is 0 Å². The molecule has 0 N–H and O–H groups in total. The molecule has 0 heterocycles. The summed E-state index contributed by atoms with van der Waals surface area (Å²) in [6, 6.07) is 18.6. The first-order valence-electron chi connectivity index (χ1n) is 8.98. The summed E-state index contributed by atoms with van der Waals surface area (Å²) in [4.78, 5) is 0. The van der Waals surface area contributed by atoms with Gasteiger partial charge in [-0.15, -0.1) is 0 Å². The van der Waals surface area contributed by atoms with E-state index in [-0.39, 0.29) is 7.43 Å². The molecule has 0 spiro atoms. The second-order valence-electron chi connectivity index (χ2n) is 5.11. The smallest absolute Gasteiger partial charge is 0.0161 e. The van der Waals surface area contributed by atoms with Gasteiger partial charge in [0.2, 0.25) is 0 Å². The van der Waals surface area contributed by atoms with Crippen molar-refractivity contribution in [3.8, 4) is 0 Å². The summed E-state index contributed by atoms with van der Waals surface area (Å²) in [6.07, 6.45) is 1.85. The van der Waals surface area contributed by atoms with Crippen molar-refractivity contribution in [1.29, 1.82) is 0 Å². The zero-order chi connectivity index (χ0) is 19.0. The largest absolute Gasteiger partial charge is 0.0988 e. The minimum atomic E-state index is 0. The van der Waals surface area contributed by atoms with Gasteiger partial charge in [0.1, 0.15) is 0 Å². The lowest BCUT2D eigenvalue weighted by Crippen LogP contribution is -2.23. The van der Waals surface area contributed by atoms with Crippen LogP contribution in [0.4, 0.5) is 0 Å². The molecule has 0 saturated heterocycles. The highest BCUT2D eigenvalue weighted by molar-refractivity contribution is 5.53. The van der Waals surface area contributed by atoms with Gasteiger partial charge in [-0.3, -0.25) is 0 Å². The lowest BCUT2D eigenvalue weighted by molar-refractivity contribution is 0.867. The van der Waals surface area contributed by atoms with Crippen LogP contribution in [-0.4, -0.2) is 0 Å². The fourth-order valence-corrected chi connectivity index (χ4v) is 1.85. The fraction of sp³-hybridized carbons (Fsp3) is 0.360. The maximum atomic E-state index is 3.92. The Bertz CT molecular complexity index is 633. The third kappa shape index (κ3) is 12.0. The predicted octanol–water partition coefficient (Wildman–Crippen LogP) is 6.95. The molecule has 140 valence electrons. The van der Waals surface area contributed by atoms with Gasteiger partial charge >= 0.3 is 0 Å². The Balaban J connectivity index is -0.000000316. The summed E-state index contributed by atoms with van der Waals surface area (Å²) in [5.41, 5.74) is 2.59. The Morgan fingerprint density at radius 1 is 0.840 bits per heavy atom. The predicted molar refractivity (Wildman–Crippen MR) is 120 cm³/mol. The summed E-state index contributed by atoms with van der Waals surface area (Å²) in [5, 5.41) is 2.24. The minimum absolute atomic E-state index is 0. The molecule has 2 aromatic carbocycles. The normalized spacial score (nSPS) is 9.60. The number of benzene rings is 2. The van der Waals surface area contributed by atoms with Gasteiger partial charge in [-0.05, 0) is 34.4 Å². The van der Waals surface area contributed by atoms with E-state index < -0.39 is 0 Å². The molecule has 0 nitrogen and oxygen atoms in total. The third-order valence-corrected chi connectivity index (χ3v) is 3.21. The average molecular weight is 341 g/mol. The van der Waals surface area contributed by atoms with E-state index in [0.717, 1.165) is 5.22 Å². The molecule has 0 amide bonds. The van der Waals surface area contributed by atoms with E-state index in [9.17, 15) is 0 Å². The Kier molecular flexibility index (Phi) is 20.3. The van der Waals surface area contributed by atoms with Gasteiger partial charge in [-0.1, -0.05) is 123 Å². The van der Waals surface area contributed by atoms with Crippen LogP contribution in [0.25, 0.3) is 12.2 Å². The summed E-state index contributed by atoms with van der Waals surface area (Å²) in [6.45, 7) is 22.1. The Morgan fingerprint density at radius 2 is 1.28 bits per heavy atom. The molecule has 2 rings (SSSR count). The molecule has 0 radical (unpaired) electrons. The first-order chi connectivity index (χ1) is 11.6. The Labute approximate surface area is 157 Å². The standard InChI is InChI=1S/C11H12.C9H12.2C2H6.CH4/c1-4-9(2)11-8-6-5-7-10(11)3;1-8(2)9-6-4-3-5-7-9;2*1-2;/h4-8H,1,3H2,2H3;3-8H,1-2H3;2*1-2H3;1H4/b11-9+;;;;. The maximum Gasteiger partial charge on any atom is -0.0161 e. The van der Waals surface area contributed by atoms with Gasteiger partial charge in [-0.2, -0.15) is 0 Å². The van der Waals surface area contributed by atoms with E-state index in [4.69, 9.17) is 0 Å². The second-order valence-corrected chi connectivity index (χ2v) is 5.11. The monoisotopic (exact) mass is 340 g/mol. The minimum Gasteiger partial charge on any atom is -0.0988 e. The second kappa shape index (κ2) is 18.3. The van der Waals surface area contributed by atoms with Crippen molar-refractivity contribution in [3.05, 3.63) is 83.3 Å². The van der Waals surface area contributed by atoms with Gasteiger partial charge in [-0.25, -0.2) is 0 Å². The fourth-order valence-electron chi connectivity index (χ4n) is 1.85. The molecule has 0 unspecified atom stereocenters. The van der Waals surface area contributed by atoms with Crippen molar-refractivity contribution in [3.63, 3.8) is 0 Å². The van der Waals surface area contributed by atoms with Crippen molar-refractivity contribution >= 4 is 12.2 Å². The highest BCUT2D eigenvalue weighted by atomic mass is 14.0. The van der Waals surface area contributed by atoms with Crippen LogP contribution in [0.15, 0.2) is 67.3 Å². The molecule has 0 aliphatic carbocycles. The zero-order valence-electron chi connectivity index (χ0n) is 16.8. The molecule has 0 fully saturated rings. The van der Waals surface area contributed by atoms with E-state index in [0.29, 0.717) is 5.92 Å². The zero-order valence-corrected chi connectivity index (χ0v) is 16.8. The summed E-state index contributed by atoms with van der Waals surface area (Å²) in [5.74, 6) is 0.659. The average Bonchev–Trinajstić information content (AvgIpc) is 2.66. The quantitative estimate of drug-likeness (QED) is 0.554. The third-order valence-electron chi connectivity index (χ3n) is 3.21. The van der Waals surface area contributed by atoms with Crippen LogP contribution in [0.2, 0.25) is 0 Å². The molecule has 0 aliphatic rings. The van der Waals surface area contributed by atoms with Crippen LogP contribution in [0.1, 0.15) is 67.4 Å². The molecule has 0 bridgehead atoms. The maximum absolute atomic E-state index is 3.92. The molecule has 0 aliphatic heterocycles. The van der Waals surface area contributed by atoms with Crippen molar-refractivity contribution in [1.82, 2.24) is 0 Å². The van der Waals surface area contributed by atoms with Crippen molar-refractivity contribution in [2.24, 2.45) is 0 Å². The molecular weight excluding hydrogens is 300 g/mol. The van der Waals surface area contributed by atoms with E-state index in [1.54, 1.807) is 0 Å². The van der Waals surface area contributed by atoms with Gasteiger partial charge in [0.05, 0.1) is 0 Å². The van der Waals surface area contributed by atoms with Crippen molar-refractivity contribution in [2.75, 3.05) is 0 Å². The van der Waals surface area contributed by atoms with Gasteiger partial charge < -0.3 is 0 Å². The van der Waals surface area contributed by atoms with Crippen LogP contribution in [0.3, 0.4) is 0 Å². The van der Waals surface area contributed by atoms with Crippen LogP contribution >= 0.6 is 0 Å². The first-order valence-corrected chi connectivity index (χ1v) is 8.98. The highest BCUT2D eigenvalue weighted by Crippen LogP contribution is 2.11. The SMILES string of the molecule is C.C=C/C(C)=c1\ccccc1=C.CC.CC.CC(C)c1ccccc1. The Hall–Kier alpha value is -2.08. The molecular formula is C25H40. The van der Waals surface area contributed by atoms with E-state index in [1.165, 1.54) is 16.4 Å². The molecule has 0 aromatic heterocycles. The number of hydrogen-bond acceptors (Lipinski definition) is 0. The Morgan fingerprint density at radius 3 is 1.64 bits per heavy atom.